The lowest BCUT2D eigenvalue weighted by atomic mass is 10.0. The van der Waals surface area contributed by atoms with E-state index in [-0.39, 0.29) is 24.5 Å². The van der Waals surface area contributed by atoms with Gasteiger partial charge in [-0.25, -0.2) is 0 Å². The maximum atomic E-state index is 13.1. The number of aromatic nitrogens is 1. The van der Waals surface area contributed by atoms with Gasteiger partial charge in [0, 0.05) is 54.5 Å². The lowest BCUT2D eigenvalue weighted by Crippen LogP contribution is -2.47. The minimum Gasteiger partial charge on any atom is -0.494 e. The molecule has 4 rings (SSSR count). The highest BCUT2D eigenvalue weighted by Gasteiger charge is 2.24. The van der Waals surface area contributed by atoms with E-state index in [4.69, 9.17) is 9.47 Å². The van der Waals surface area contributed by atoms with Crippen LogP contribution in [0.3, 0.4) is 0 Å². The van der Waals surface area contributed by atoms with Gasteiger partial charge in [0.05, 0.1) is 6.61 Å². The van der Waals surface area contributed by atoms with Gasteiger partial charge in [-0.05, 0) is 37.6 Å². The van der Waals surface area contributed by atoms with E-state index in [0.717, 1.165) is 45.5 Å². The summed E-state index contributed by atoms with van der Waals surface area (Å²) < 4.78 is 11.7. The van der Waals surface area contributed by atoms with Crippen LogP contribution in [0.4, 0.5) is 0 Å². The first kappa shape index (κ1) is 21.7. The molecule has 0 radical (unpaired) electrons. The number of carbonyl (C=O) groups excluding carboxylic acids is 2. The van der Waals surface area contributed by atoms with E-state index >= 15 is 0 Å². The van der Waals surface area contributed by atoms with Crippen molar-refractivity contribution in [2.45, 2.75) is 52.3 Å². The molecular formula is C25H29N3O4. The van der Waals surface area contributed by atoms with Crippen molar-refractivity contribution < 1.29 is 19.1 Å². The number of amides is 2. The zero-order valence-electron chi connectivity index (χ0n) is 18.7. The van der Waals surface area contributed by atoms with Gasteiger partial charge in [-0.3, -0.25) is 9.59 Å². The monoisotopic (exact) mass is 435 g/mol. The lowest BCUT2D eigenvalue weighted by molar-refractivity contribution is -0.128. The Morgan fingerprint density at radius 1 is 1.25 bits per heavy atom. The molecule has 7 heteroatoms. The standard InChI is InChI=1S/C25H29N3O4/c1-4-31-23-11-17-9-15(2)32-24(17)12-19(23)14-27-25(30)22(28-16(3)29)10-18-13-26-21-8-6-5-7-20(18)21/h5-8,11-13,15,22,26H,4,9-10,14H2,1-3H3,(H,27,30)(H,28,29)/t15-,22+/m0/s1. The molecular weight excluding hydrogens is 406 g/mol. The minimum absolute atomic E-state index is 0.129. The Morgan fingerprint density at radius 3 is 2.84 bits per heavy atom. The number of hydrogen-bond acceptors (Lipinski definition) is 4. The number of fused-ring (bicyclic) bond motifs is 2. The van der Waals surface area contributed by atoms with Crippen molar-refractivity contribution in [3.63, 3.8) is 0 Å². The molecule has 1 aliphatic heterocycles. The lowest BCUT2D eigenvalue weighted by Gasteiger charge is -2.19. The number of benzene rings is 2. The van der Waals surface area contributed by atoms with Gasteiger partial charge in [0.25, 0.3) is 0 Å². The van der Waals surface area contributed by atoms with Crippen LogP contribution in [-0.2, 0) is 29.0 Å². The number of H-pyrrole nitrogens is 1. The molecule has 0 saturated carbocycles. The van der Waals surface area contributed by atoms with Crippen LogP contribution in [0.2, 0.25) is 0 Å². The van der Waals surface area contributed by atoms with Crippen molar-refractivity contribution in [3.05, 3.63) is 59.3 Å². The largest absolute Gasteiger partial charge is 0.494 e. The highest BCUT2D eigenvalue weighted by atomic mass is 16.5. The summed E-state index contributed by atoms with van der Waals surface area (Å²) in [5.41, 5.74) is 3.94. The zero-order chi connectivity index (χ0) is 22.7. The Kier molecular flexibility index (Phi) is 6.35. The predicted molar refractivity (Wildman–Crippen MR) is 123 cm³/mol. The third kappa shape index (κ3) is 4.72. The van der Waals surface area contributed by atoms with Crippen molar-refractivity contribution >= 4 is 22.7 Å². The van der Waals surface area contributed by atoms with Gasteiger partial charge in [-0.1, -0.05) is 18.2 Å². The van der Waals surface area contributed by atoms with E-state index in [9.17, 15) is 9.59 Å². The Hall–Kier alpha value is -3.48. The zero-order valence-corrected chi connectivity index (χ0v) is 18.7. The van der Waals surface area contributed by atoms with Gasteiger partial charge >= 0.3 is 0 Å². The summed E-state index contributed by atoms with van der Waals surface area (Å²) in [5.74, 6) is 1.09. The van der Waals surface area contributed by atoms with Crippen LogP contribution in [0.1, 0.15) is 37.5 Å². The van der Waals surface area contributed by atoms with E-state index in [1.165, 1.54) is 6.92 Å². The highest BCUT2D eigenvalue weighted by Crippen LogP contribution is 2.35. The summed E-state index contributed by atoms with van der Waals surface area (Å²) in [6.45, 7) is 6.20. The van der Waals surface area contributed by atoms with Crippen LogP contribution in [-0.4, -0.2) is 35.6 Å². The fourth-order valence-electron chi connectivity index (χ4n) is 4.19. The van der Waals surface area contributed by atoms with Crippen LogP contribution in [0.5, 0.6) is 11.5 Å². The second-order valence-corrected chi connectivity index (χ2v) is 8.17. The van der Waals surface area contributed by atoms with Crippen molar-refractivity contribution in [1.29, 1.82) is 0 Å². The molecule has 168 valence electrons. The molecule has 1 aliphatic rings. The molecule has 1 aromatic heterocycles. The fraction of sp³-hybridized carbons (Fsp3) is 0.360. The van der Waals surface area contributed by atoms with Crippen LogP contribution in [0, 0.1) is 0 Å². The average molecular weight is 436 g/mol. The summed E-state index contributed by atoms with van der Waals surface area (Å²) in [7, 11) is 0. The second-order valence-electron chi connectivity index (χ2n) is 8.17. The van der Waals surface area contributed by atoms with E-state index in [1.807, 2.05) is 56.4 Å². The van der Waals surface area contributed by atoms with Gasteiger partial charge in [0.1, 0.15) is 23.6 Å². The number of nitrogens with one attached hydrogen (secondary N) is 3. The van der Waals surface area contributed by atoms with Crippen LogP contribution in [0.15, 0.2) is 42.6 Å². The van der Waals surface area contributed by atoms with Gasteiger partial charge in [0.15, 0.2) is 0 Å². The normalized spacial score (nSPS) is 15.7. The van der Waals surface area contributed by atoms with Crippen LogP contribution < -0.4 is 20.1 Å². The molecule has 0 bridgehead atoms. The molecule has 0 spiro atoms. The third-order valence-electron chi connectivity index (χ3n) is 5.63. The number of hydrogen-bond donors (Lipinski definition) is 3. The Balaban J connectivity index is 1.50. The first-order chi connectivity index (χ1) is 15.4. The molecule has 0 aliphatic carbocycles. The molecule has 2 heterocycles. The number of aromatic amines is 1. The number of rotatable bonds is 8. The molecule has 0 unspecified atom stereocenters. The van der Waals surface area contributed by atoms with Crippen molar-refractivity contribution in [1.82, 2.24) is 15.6 Å². The van der Waals surface area contributed by atoms with Gasteiger partial charge in [-0.15, -0.1) is 0 Å². The molecule has 0 fully saturated rings. The Bertz CT molecular complexity index is 1140. The molecule has 2 amide bonds. The average Bonchev–Trinajstić information content (AvgIpc) is 3.33. The van der Waals surface area contributed by atoms with Crippen LogP contribution >= 0.6 is 0 Å². The maximum absolute atomic E-state index is 13.1. The molecule has 3 aromatic rings. The summed E-state index contributed by atoms with van der Waals surface area (Å²) >= 11 is 0. The highest BCUT2D eigenvalue weighted by molar-refractivity contribution is 5.89. The van der Waals surface area contributed by atoms with Crippen molar-refractivity contribution in [2.75, 3.05) is 6.61 Å². The van der Waals surface area contributed by atoms with E-state index in [1.54, 1.807) is 0 Å². The molecule has 0 saturated heterocycles. The smallest absolute Gasteiger partial charge is 0.243 e. The molecule has 7 nitrogen and oxygen atoms in total. The van der Waals surface area contributed by atoms with E-state index in [2.05, 4.69) is 15.6 Å². The number of para-hydroxylation sites is 1. The van der Waals surface area contributed by atoms with Crippen molar-refractivity contribution in [3.8, 4) is 11.5 Å². The SMILES string of the molecule is CCOc1cc2c(cc1CNC(=O)[C@@H](Cc1c[nH]c3ccccc13)NC(C)=O)O[C@@H](C)C2. The van der Waals surface area contributed by atoms with Gasteiger partial charge in [-0.2, -0.15) is 0 Å². The molecule has 2 aromatic carbocycles. The van der Waals surface area contributed by atoms with Gasteiger partial charge in [0.2, 0.25) is 11.8 Å². The van der Waals surface area contributed by atoms with E-state index in [0.29, 0.717) is 13.0 Å². The van der Waals surface area contributed by atoms with E-state index < -0.39 is 6.04 Å². The summed E-state index contributed by atoms with van der Waals surface area (Å²) in [5, 5.41) is 6.79. The number of ether oxygens (including phenoxy) is 2. The predicted octanol–water partition coefficient (Wildman–Crippen LogP) is 3.25. The first-order valence-electron chi connectivity index (χ1n) is 11.0. The van der Waals surface area contributed by atoms with Crippen LogP contribution in [0.25, 0.3) is 10.9 Å². The quantitative estimate of drug-likeness (QED) is 0.506. The number of carbonyl (C=O) groups is 2. The first-order valence-corrected chi connectivity index (χ1v) is 11.0. The Labute approximate surface area is 187 Å². The minimum atomic E-state index is -0.687. The molecule has 3 N–H and O–H groups in total. The van der Waals surface area contributed by atoms with Crippen molar-refractivity contribution in [2.24, 2.45) is 0 Å². The molecule has 32 heavy (non-hydrogen) atoms. The fourth-order valence-corrected chi connectivity index (χ4v) is 4.19. The maximum Gasteiger partial charge on any atom is 0.243 e. The summed E-state index contributed by atoms with van der Waals surface area (Å²) in [4.78, 5) is 28.1. The van der Waals surface area contributed by atoms with Gasteiger partial charge < -0.3 is 25.1 Å². The topological polar surface area (TPSA) is 92.5 Å². The molecule has 2 atom stereocenters. The third-order valence-corrected chi connectivity index (χ3v) is 5.63. The summed E-state index contributed by atoms with van der Waals surface area (Å²) in [6.07, 6.45) is 3.25. The second kappa shape index (κ2) is 9.34. The summed E-state index contributed by atoms with van der Waals surface area (Å²) in [6, 6.07) is 11.2. The Morgan fingerprint density at radius 2 is 2.06 bits per heavy atom.